The monoisotopic (exact) mass is 376 g/mol. The van der Waals surface area contributed by atoms with Crippen molar-refractivity contribution in [1.29, 1.82) is 0 Å². The molecule has 2 heterocycles. The number of aliphatic hydroxyl groups is 1. The van der Waals surface area contributed by atoms with E-state index in [4.69, 9.17) is 11.6 Å². The van der Waals surface area contributed by atoms with Crippen LogP contribution in [0.5, 0.6) is 0 Å². The van der Waals surface area contributed by atoms with Crippen LogP contribution in [0.1, 0.15) is 29.1 Å². The minimum absolute atomic E-state index is 0.0802. The van der Waals surface area contributed by atoms with Gasteiger partial charge in [0.25, 0.3) is 0 Å². The topological polar surface area (TPSA) is 53.4 Å². The maximum atomic E-state index is 12.7. The van der Waals surface area contributed by atoms with E-state index in [-0.39, 0.29) is 11.9 Å². The highest BCUT2D eigenvalue weighted by atomic mass is 35.5. The Kier molecular flexibility index (Phi) is 5.89. The van der Waals surface area contributed by atoms with Crippen molar-refractivity contribution in [2.24, 2.45) is 0 Å². The molecule has 1 aliphatic heterocycles. The van der Waals surface area contributed by atoms with Crippen molar-refractivity contribution in [2.75, 3.05) is 6.54 Å². The molecule has 1 aliphatic rings. The molecule has 2 atom stereocenters. The van der Waals surface area contributed by atoms with Gasteiger partial charge < -0.3 is 10.0 Å². The van der Waals surface area contributed by atoms with Gasteiger partial charge in [0.2, 0.25) is 5.91 Å². The van der Waals surface area contributed by atoms with Crippen LogP contribution in [0.4, 0.5) is 0 Å². The third-order valence-electron chi connectivity index (χ3n) is 4.42. The molecule has 1 fully saturated rings. The Morgan fingerprint density at radius 2 is 2.20 bits per heavy atom. The summed E-state index contributed by atoms with van der Waals surface area (Å²) in [5, 5.41) is 14.0. The van der Waals surface area contributed by atoms with E-state index >= 15 is 0 Å². The number of amides is 1. The van der Waals surface area contributed by atoms with Crippen LogP contribution < -0.4 is 0 Å². The number of hydrogen-bond acceptors (Lipinski definition) is 4. The number of aromatic nitrogens is 1. The van der Waals surface area contributed by atoms with Gasteiger partial charge in [-0.3, -0.25) is 4.79 Å². The molecule has 25 heavy (non-hydrogen) atoms. The molecule has 1 aromatic carbocycles. The predicted molar refractivity (Wildman–Crippen MR) is 102 cm³/mol. The van der Waals surface area contributed by atoms with Crippen molar-refractivity contribution in [3.8, 4) is 0 Å². The fraction of sp³-hybridized carbons (Fsp3) is 0.368. The lowest BCUT2D eigenvalue weighted by atomic mass is 9.93. The second kappa shape index (κ2) is 8.13. The van der Waals surface area contributed by atoms with E-state index in [0.717, 1.165) is 29.1 Å². The number of carbonyl (C=O) groups is 1. The highest BCUT2D eigenvalue weighted by Gasteiger charge is 2.32. The zero-order chi connectivity index (χ0) is 17.8. The van der Waals surface area contributed by atoms with Crippen molar-refractivity contribution in [1.82, 2.24) is 9.88 Å². The molecule has 1 aromatic heterocycles. The summed E-state index contributed by atoms with van der Waals surface area (Å²) in [6.07, 6.45) is 4.94. The van der Waals surface area contributed by atoms with Gasteiger partial charge in [-0.05, 0) is 50.0 Å². The largest absolute Gasteiger partial charge is 0.391 e. The summed E-state index contributed by atoms with van der Waals surface area (Å²) < 4.78 is 0. The Balaban J connectivity index is 1.73. The molecule has 6 heteroatoms. The smallest absolute Gasteiger partial charge is 0.246 e. The van der Waals surface area contributed by atoms with Crippen LogP contribution in [0, 0.1) is 6.92 Å². The van der Waals surface area contributed by atoms with E-state index in [2.05, 4.69) is 4.98 Å². The number of aryl methyl sites for hydroxylation is 1. The Morgan fingerprint density at radius 1 is 1.44 bits per heavy atom. The number of nitrogens with zero attached hydrogens (tertiary/aromatic N) is 2. The van der Waals surface area contributed by atoms with Crippen LogP contribution in [0.15, 0.2) is 35.7 Å². The van der Waals surface area contributed by atoms with Crippen LogP contribution in [0.3, 0.4) is 0 Å². The fourth-order valence-corrected chi connectivity index (χ4v) is 3.83. The average Bonchev–Trinajstić information content (AvgIpc) is 3.02. The van der Waals surface area contributed by atoms with Gasteiger partial charge in [0, 0.05) is 23.0 Å². The van der Waals surface area contributed by atoms with Gasteiger partial charge in [-0.1, -0.05) is 23.7 Å². The Morgan fingerprint density at radius 3 is 2.88 bits per heavy atom. The lowest BCUT2D eigenvalue weighted by Gasteiger charge is -2.38. The third kappa shape index (κ3) is 4.69. The first-order chi connectivity index (χ1) is 12.0. The minimum Gasteiger partial charge on any atom is -0.391 e. The molecule has 1 saturated heterocycles. The summed E-state index contributed by atoms with van der Waals surface area (Å²) in [5.74, 6) is -0.0802. The molecule has 0 saturated carbocycles. The zero-order valence-corrected chi connectivity index (χ0v) is 15.6. The number of halogens is 1. The van der Waals surface area contributed by atoms with Gasteiger partial charge in [-0.2, -0.15) is 0 Å². The SMILES string of the molecule is Cc1nc(C=CC(=O)N2CCC[C@H](O)[C@@H]2Cc2ccc(Cl)cc2)cs1. The quantitative estimate of drug-likeness (QED) is 0.827. The average molecular weight is 377 g/mol. The maximum Gasteiger partial charge on any atom is 0.246 e. The molecule has 0 radical (unpaired) electrons. The van der Waals surface area contributed by atoms with E-state index in [9.17, 15) is 9.90 Å². The van der Waals surface area contributed by atoms with E-state index in [1.165, 1.54) is 0 Å². The molecule has 0 spiro atoms. The summed E-state index contributed by atoms with van der Waals surface area (Å²) >= 11 is 7.49. The first-order valence-electron chi connectivity index (χ1n) is 8.36. The molecule has 1 amide bonds. The zero-order valence-electron chi connectivity index (χ0n) is 14.1. The van der Waals surface area contributed by atoms with Crippen molar-refractivity contribution in [3.63, 3.8) is 0 Å². The molecular formula is C19H21ClN2O2S. The van der Waals surface area contributed by atoms with E-state index < -0.39 is 6.10 Å². The summed E-state index contributed by atoms with van der Waals surface area (Å²) in [6.45, 7) is 2.60. The minimum atomic E-state index is -0.511. The highest BCUT2D eigenvalue weighted by Crippen LogP contribution is 2.23. The summed E-state index contributed by atoms with van der Waals surface area (Å²) in [7, 11) is 0. The van der Waals surface area contributed by atoms with E-state index in [1.807, 2.05) is 36.6 Å². The van der Waals surface area contributed by atoms with Gasteiger partial charge >= 0.3 is 0 Å². The first kappa shape index (κ1) is 18.1. The number of thiazole rings is 1. The molecule has 2 aromatic rings. The normalized spacial score (nSPS) is 21.0. The maximum absolute atomic E-state index is 12.7. The van der Waals surface area contributed by atoms with Crippen LogP contribution in [0.2, 0.25) is 5.02 Å². The van der Waals surface area contributed by atoms with Crippen molar-refractivity contribution in [2.45, 2.75) is 38.3 Å². The number of benzene rings is 1. The highest BCUT2D eigenvalue weighted by molar-refractivity contribution is 7.09. The van der Waals surface area contributed by atoms with Crippen LogP contribution >= 0.6 is 22.9 Å². The summed E-state index contributed by atoms with van der Waals surface area (Å²) in [5.41, 5.74) is 1.86. The molecule has 0 unspecified atom stereocenters. The Hall–Kier alpha value is -1.69. The molecule has 0 bridgehead atoms. The van der Waals surface area contributed by atoms with E-state index in [1.54, 1.807) is 28.4 Å². The second-order valence-electron chi connectivity index (χ2n) is 6.26. The van der Waals surface area contributed by atoms with Crippen molar-refractivity contribution >= 4 is 34.9 Å². The standard InChI is InChI=1S/C19H21ClN2O2S/c1-13-21-16(12-25-13)8-9-19(24)22-10-2-3-18(23)17(22)11-14-4-6-15(20)7-5-14/h4-9,12,17-18,23H,2-3,10-11H2,1H3/t17-,18-/m0/s1. The van der Waals surface area contributed by atoms with Gasteiger partial charge in [0.1, 0.15) is 0 Å². The van der Waals surface area contributed by atoms with Gasteiger partial charge in [0.05, 0.1) is 22.8 Å². The molecule has 0 aliphatic carbocycles. The van der Waals surface area contributed by atoms with Crippen LogP contribution in [0.25, 0.3) is 6.08 Å². The van der Waals surface area contributed by atoms with Crippen LogP contribution in [-0.2, 0) is 11.2 Å². The third-order valence-corrected chi connectivity index (χ3v) is 5.46. The van der Waals surface area contributed by atoms with Crippen molar-refractivity contribution in [3.05, 3.63) is 57.0 Å². The first-order valence-corrected chi connectivity index (χ1v) is 9.62. The number of likely N-dealkylation sites (tertiary alicyclic amines) is 1. The lowest BCUT2D eigenvalue weighted by molar-refractivity contribution is -0.133. The Bertz CT molecular complexity index is 757. The van der Waals surface area contributed by atoms with Gasteiger partial charge in [-0.15, -0.1) is 11.3 Å². The molecule has 1 N–H and O–H groups in total. The number of rotatable bonds is 4. The fourth-order valence-electron chi connectivity index (χ4n) is 3.13. The van der Waals surface area contributed by atoms with Gasteiger partial charge in [0.15, 0.2) is 0 Å². The molecular weight excluding hydrogens is 356 g/mol. The van der Waals surface area contributed by atoms with Crippen molar-refractivity contribution < 1.29 is 9.90 Å². The van der Waals surface area contributed by atoms with Crippen LogP contribution in [-0.4, -0.2) is 39.6 Å². The Labute approximate surface area is 156 Å². The number of carbonyl (C=O) groups excluding carboxylic acids is 1. The second-order valence-corrected chi connectivity index (χ2v) is 7.76. The lowest BCUT2D eigenvalue weighted by Crippen LogP contribution is -2.51. The molecule has 132 valence electrons. The summed E-state index contributed by atoms with van der Waals surface area (Å²) in [4.78, 5) is 18.8. The number of piperidine rings is 1. The summed E-state index contributed by atoms with van der Waals surface area (Å²) in [6, 6.07) is 7.34. The molecule has 3 rings (SSSR count). The predicted octanol–water partition coefficient (Wildman–Crippen LogP) is 3.71. The molecule has 4 nitrogen and oxygen atoms in total. The number of aliphatic hydroxyl groups excluding tert-OH is 1. The van der Waals surface area contributed by atoms with E-state index in [0.29, 0.717) is 18.0 Å². The van der Waals surface area contributed by atoms with Gasteiger partial charge in [-0.25, -0.2) is 4.98 Å². The number of hydrogen-bond donors (Lipinski definition) is 1.